The highest BCUT2D eigenvalue weighted by atomic mass is 16.2. The van der Waals surface area contributed by atoms with Gasteiger partial charge in [0.1, 0.15) is 5.82 Å². The molecule has 1 saturated heterocycles. The lowest BCUT2D eigenvalue weighted by molar-refractivity contribution is -0.130. The Morgan fingerprint density at radius 3 is 2.47 bits per heavy atom. The second kappa shape index (κ2) is 5.99. The fraction of sp³-hybridized carbons (Fsp3) is 0.643. The Balaban J connectivity index is 2.12. The highest BCUT2D eigenvalue weighted by molar-refractivity contribution is 5.78. The maximum absolute atomic E-state index is 12.3. The van der Waals surface area contributed by atoms with E-state index in [0.29, 0.717) is 17.1 Å². The van der Waals surface area contributed by atoms with Gasteiger partial charge >= 0.3 is 0 Å². The number of hydrogen-bond donors (Lipinski definition) is 1. The van der Waals surface area contributed by atoms with Crippen molar-refractivity contribution in [1.82, 2.24) is 14.9 Å². The number of carbonyl (C=O) groups is 1. The molecule has 0 aliphatic carbocycles. The molecular weight excluding hydrogens is 242 g/mol. The summed E-state index contributed by atoms with van der Waals surface area (Å²) in [6.07, 6.45) is 4.78. The molecule has 0 radical (unpaired) electrons. The van der Waals surface area contributed by atoms with Gasteiger partial charge in [0.2, 0.25) is 5.91 Å². The molecule has 19 heavy (non-hydrogen) atoms. The highest BCUT2D eigenvalue weighted by Gasteiger charge is 2.18. The molecule has 1 aliphatic rings. The summed E-state index contributed by atoms with van der Waals surface area (Å²) in [6.45, 7) is 5.12. The maximum Gasteiger partial charge on any atom is 0.254 e. The van der Waals surface area contributed by atoms with Crippen molar-refractivity contribution in [3.63, 3.8) is 0 Å². The molecule has 0 unspecified atom stereocenters. The minimum absolute atomic E-state index is 0.0856. The summed E-state index contributed by atoms with van der Waals surface area (Å²) in [5.74, 6) is 0.650. The van der Waals surface area contributed by atoms with Crippen LogP contribution in [0.1, 0.15) is 42.8 Å². The van der Waals surface area contributed by atoms with E-state index in [4.69, 9.17) is 0 Å². The van der Waals surface area contributed by atoms with Crippen LogP contribution in [0.2, 0.25) is 0 Å². The Morgan fingerprint density at radius 1 is 1.21 bits per heavy atom. The van der Waals surface area contributed by atoms with Crippen LogP contribution in [0, 0.1) is 13.8 Å². The number of rotatable bonds is 2. The molecule has 0 bridgehead atoms. The fourth-order valence-corrected chi connectivity index (χ4v) is 2.45. The molecule has 5 nitrogen and oxygen atoms in total. The second-order valence-corrected chi connectivity index (χ2v) is 5.19. The number of nitrogens with zero attached hydrogens (tertiary/aromatic N) is 2. The lowest BCUT2D eigenvalue weighted by atomic mass is 10.1. The van der Waals surface area contributed by atoms with Crippen LogP contribution in [0.5, 0.6) is 0 Å². The summed E-state index contributed by atoms with van der Waals surface area (Å²) in [6, 6.07) is 0. The summed E-state index contributed by atoms with van der Waals surface area (Å²) >= 11 is 0. The van der Waals surface area contributed by atoms with E-state index in [9.17, 15) is 9.59 Å². The molecular formula is C14H21N3O2. The smallest absolute Gasteiger partial charge is 0.254 e. The number of hydrogen-bond acceptors (Lipinski definition) is 3. The molecule has 1 N–H and O–H groups in total. The first-order chi connectivity index (χ1) is 9.08. The van der Waals surface area contributed by atoms with Crippen LogP contribution < -0.4 is 5.56 Å². The average molecular weight is 263 g/mol. The van der Waals surface area contributed by atoms with Crippen LogP contribution in [0.25, 0.3) is 0 Å². The van der Waals surface area contributed by atoms with Crippen molar-refractivity contribution >= 4 is 5.91 Å². The minimum atomic E-state index is -0.147. The third kappa shape index (κ3) is 3.43. The Kier molecular flexibility index (Phi) is 4.35. The molecule has 0 saturated carbocycles. The predicted molar refractivity (Wildman–Crippen MR) is 73.1 cm³/mol. The van der Waals surface area contributed by atoms with Gasteiger partial charge in [-0.3, -0.25) is 9.59 Å². The van der Waals surface area contributed by atoms with E-state index < -0.39 is 0 Å². The van der Waals surface area contributed by atoms with E-state index in [-0.39, 0.29) is 17.9 Å². The third-order valence-electron chi connectivity index (χ3n) is 3.65. The molecule has 104 valence electrons. The highest BCUT2D eigenvalue weighted by Crippen LogP contribution is 2.11. The van der Waals surface area contributed by atoms with E-state index in [1.54, 1.807) is 13.8 Å². The minimum Gasteiger partial charge on any atom is -0.342 e. The Hall–Kier alpha value is -1.65. The number of carbonyl (C=O) groups excluding carboxylic acids is 1. The summed E-state index contributed by atoms with van der Waals surface area (Å²) in [4.78, 5) is 32.8. The lowest BCUT2D eigenvalue weighted by Crippen LogP contribution is -2.34. The second-order valence-electron chi connectivity index (χ2n) is 5.19. The van der Waals surface area contributed by atoms with Gasteiger partial charge in [0.05, 0.1) is 12.1 Å². The molecule has 1 aromatic heterocycles. The van der Waals surface area contributed by atoms with E-state index in [0.717, 1.165) is 25.9 Å². The topological polar surface area (TPSA) is 66.1 Å². The van der Waals surface area contributed by atoms with E-state index >= 15 is 0 Å². The molecule has 5 heteroatoms. The standard InChI is InChI=1S/C14H21N3O2/c1-10-12(15-11(2)16-14(10)19)9-13(18)17-7-5-3-4-6-8-17/h3-9H2,1-2H3,(H,15,16,19). The zero-order valence-corrected chi connectivity index (χ0v) is 11.7. The first-order valence-electron chi connectivity index (χ1n) is 6.92. The molecule has 1 aromatic rings. The monoisotopic (exact) mass is 263 g/mol. The molecule has 0 aromatic carbocycles. The van der Waals surface area contributed by atoms with Crippen LogP contribution >= 0.6 is 0 Å². The van der Waals surface area contributed by atoms with Gasteiger partial charge in [-0.25, -0.2) is 4.98 Å². The number of aromatic nitrogens is 2. The van der Waals surface area contributed by atoms with Gasteiger partial charge in [0, 0.05) is 18.7 Å². The van der Waals surface area contributed by atoms with Gasteiger partial charge in [0.25, 0.3) is 5.56 Å². The number of aryl methyl sites for hydroxylation is 1. The molecule has 0 atom stereocenters. The summed E-state index contributed by atoms with van der Waals surface area (Å²) in [5, 5.41) is 0. The van der Waals surface area contributed by atoms with Crippen molar-refractivity contribution in [2.75, 3.05) is 13.1 Å². The number of nitrogens with one attached hydrogen (secondary N) is 1. The van der Waals surface area contributed by atoms with Crippen molar-refractivity contribution in [1.29, 1.82) is 0 Å². The van der Waals surface area contributed by atoms with Crippen LogP contribution in [0.15, 0.2) is 4.79 Å². The molecule has 2 heterocycles. The quantitative estimate of drug-likeness (QED) is 0.875. The summed E-state index contributed by atoms with van der Waals surface area (Å²) in [7, 11) is 0. The maximum atomic E-state index is 12.3. The number of H-pyrrole nitrogens is 1. The van der Waals surface area contributed by atoms with Gasteiger partial charge in [0.15, 0.2) is 0 Å². The van der Waals surface area contributed by atoms with Crippen LogP contribution in [-0.4, -0.2) is 33.9 Å². The van der Waals surface area contributed by atoms with Gasteiger partial charge < -0.3 is 9.88 Å². The van der Waals surface area contributed by atoms with Crippen molar-refractivity contribution in [2.45, 2.75) is 46.0 Å². The van der Waals surface area contributed by atoms with Crippen LogP contribution in [-0.2, 0) is 11.2 Å². The molecule has 1 aliphatic heterocycles. The SMILES string of the molecule is Cc1nc(CC(=O)N2CCCCCC2)c(C)c(=O)[nH]1. The molecule has 0 spiro atoms. The first-order valence-corrected chi connectivity index (χ1v) is 6.92. The van der Waals surface area contributed by atoms with Gasteiger partial charge in [-0.05, 0) is 26.7 Å². The Morgan fingerprint density at radius 2 is 1.84 bits per heavy atom. The van der Waals surface area contributed by atoms with Crippen LogP contribution in [0.3, 0.4) is 0 Å². The Labute approximate surface area is 113 Å². The van der Waals surface area contributed by atoms with Gasteiger partial charge in [-0.2, -0.15) is 0 Å². The van der Waals surface area contributed by atoms with Gasteiger partial charge in [-0.1, -0.05) is 12.8 Å². The summed E-state index contributed by atoms with van der Waals surface area (Å²) < 4.78 is 0. The van der Waals surface area contributed by atoms with E-state index in [1.807, 2.05) is 4.90 Å². The third-order valence-corrected chi connectivity index (χ3v) is 3.65. The number of aromatic amines is 1. The fourth-order valence-electron chi connectivity index (χ4n) is 2.45. The molecule has 1 fully saturated rings. The number of amides is 1. The lowest BCUT2D eigenvalue weighted by Gasteiger charge is -2.20. The van der Waals surface area contributed by atoms with Gasteiger partial charge in [-0.15, -0.1) is 0 Å². The molecule has 1 amide bonds. The van der Waals surface area contributed by atoms with Crippen molar-refractivity contribution in [2.24, 2.45) is 0 Å². The largest absolute Gasteiger partial charge is 0.342 e. The van der Waals surface area contributed by atoms with Crippen molar-refractivity contribution in [3.8, 4) is 0 Å². The van der Waals surface area contributed by atoms with E-state index in [1.165, 1.54) is 12.8 Å². The predicted octanol–water partition coefficient (Wildman–Crippen LogP) is 1.33. The summed E-state index contributed by atoms with van der Waals surface area (Å²) in [5.41, 5.74) is 1.01. The zero-order chi connectivity index (χ0) is 13.8. The van der Waals surface area contributed by atoms with Crippen molar-refractivity contribution < 1.29 is 4.79 Å². The number of likely N-dealkylation sites (tertiary alicyclic amines) is 1. The zero-order valence-electron chi connectivity index (χ0n) is 11.7. The van der Waals surface area contributed by atoms with Crippen molar-refractivity contribution in [3.05, 3.63) is 27.4 Å². The van der Waals surface area contributed by atoms with Crippen LogP contribution in [0.4, 0.5) is 0 Å². The first kappa shape index (κ1) is 13.8. The van der Waals surface area contributed by atoms with E-state index in [2.05, 4.69) is 9.97 Å². The molecule has 2 rings (SSSR count). The normalized spacial score (nSPS) is 16.2. The average Bonchev–Trinajstić information content (AvgIpc) is 2.64. The Bertz CT molecular complexity index is 514.